The summed E-state index contributed by atoms with van der Waals surface area (Å²) in [6.07, 6.45) is 7.94. The molecular formula is C16H23N7O. The molecule has 2 heterocycles. The summed E-state index contributed by atoms with van der Waals surface area (Å²) in [5.74, 6) is 7.71. The van der Waals surface area contributed by atoms with Crippen molar-refractivity contribution in [2.24, 2.45) is 5.84 Å². The molecule has 2 aromatic rings. The Morgan fingerprint density at radius 1 is 1.25 bits per heavy atom. The highest BCUT2D eigenvalue weighted by atomic mass is 16.5. The van der Waals surface area contributed by atoms with Crippen molar-refractivity contribution < 1.29 is 4.74 Å². The molecule has 3 rings (SSSR count). The summed E-state index contributed by atoms with van der Waals surface area (Å²) >= 11 is 0. The zero-order valence-electron chi connectivity index (χ0n) is 13.8. The van der Waals surface area contributed by atoms with Crippen LogP contribution in [0.4, 0.5) is 23.1 Å². The van der Waals surface area contributed by atoms with E-state index in [4.69, 9.17) is 16.3 Å². The Hall–Kier alpha value is -2.61. The van der Waals surface area contributed by atoms with Crippen molar-refractivity contribution in [3.05, 3.63) is 24.5 Å². The van der Waals surface area contributed by atoms with E-state index in [1.54, 1.807) is 18.5 Å². The number of nitrogens with two attached hydrogens (primary N) is 2. The molecule has 0 saturated heterocycles. The quantitative estimate of drug-likeness (QED) is 0.546. The third kappa shape index (κ3) is 3.65. The third-order valence-electron chi connectivity index (χ3n) is 4.00. The van der Waals surface area contributed by atoms with Crippen LogP contribution in [-0.4, -0.2) is 27.6 Å². The zero-order chi connectivity index (χ0) is 16.9. The lowest BCUT2D eigenvalue weighted by atomic mass is 10.2. The summed E-state index contributed by atoms with van der Waals surface area (Å²) in [4.78, 5) is 12.9. The van der Waals surface area contributed by atoms with Crippen LogP contribution in [0.1, 0.15) is 32.6 Å². The molecule has 0 spiro atoms. The second kappa shape index (κ2) is 7.31. The average molecular weight is 329 g/mol. The molecule has 1 aliphatic carbocycles. The van der Waals surface area contributed by atoms with Gasteiger partial charge in [-0.25, -0.2) is 15.8 Å². The van der Waals surface area contributed by atoms with E-state index in [1.807, 2.05) is 13.0 Å². The van der Waals surface area contributed by atoms with Crippen molar-refractivity contribution in [3.63, 3.8) is 0 Å². The summed E-state index contributed by atoms with van der Waals surface area (Å²) in [6.45, 7) is 2.47. The first-order valence-corrected chi connectivity index (χ1v) is 8.20. The minimum Gasteiger partial charge on any atom is -0.478 e. The van der Waals surface area contributed by atoms with E-state index in [0.717, 1.165) is 12.8 Å². The summed E-state index contributed by atoms with van der Waals surface area (Å²) in [5.41, 5.74) is 7.06. The van der Waals surface area contributed by atoms with Gasteiger partial charge in [0.15, 0.2) is 5.82 Å². The van der Waals surface area contributed by atoms with Crippen LogP contribution >= 0.6 is 0 Å². The number of pyridine rings is 1. The molecule has 5 N–H and O–H groups in total. The molecule has 0 aromatic carbocycles. The molecule has 2 aromatic heterocycles. The van der Waals surface area contributed by atoms with Gasteiger partial charge in [-0.3, -0.25) is 5.01 Å². The lowest BCUT2D eigenvalue weighted by Crippen LogP contribution is -2.28. The fourth-order valence-corrected chi connectivity index (χ4v) is 2.77. The van der Waals surface area contributed by atoms with E-state index in [-0.39, 0.29) is 0 Å². The molecule has 1 saturated carbocycles. The number of nitrogens with zero attached hydrogens (tertiary/aromatic N) is 4. The Morgan fingerprint density at radius 3 is 2.71 bits per heavy atom. The molecule has 0 amide bonds. The predicted molar refractivity (Wildman–Crippen MR) is 94.1 cm³/mol. The molecule has 1 fully saturated rings. The largest absolute Gasteiger partial charge is 0.478 e. The Bertz CT molecular complexity index is 671. The smallest absolute Gasteiger partial charge is 0.225 e. The summed E-state index contributed by atoms with van der Waals surface area (Å²) < 4.78 is 5.33. The maximum Gasteiger partial charge on any atom is 0.225 e. The topological polar surface area (TPSA) is 115 Å². The van der Waals surface area contributed by atoms with Crippen LogP contribution in [0.5, 0.6) is 5.88 Å². The molecule has 1 aliphatic rings. The number of nitrogen functional groups attached to an aromatic ring is 1. The van der Waals surface area contributed by atoms with Gasteiger partial charge in [-0.15, -0.1) is 0 Å². The van der Waals surface area contributed by atoms with Gasteiger partial charge in [0.2, 0.25) is 11.8 Å². The number of aromatic nitrogens is 3. The molecule has 8 nitrogen and oxygen atoms in total. The highest BCUT2D eigenvalue weighted by Gasteiger charge is 2.18. The van der Waals surface area contributed by atoms with E-state index in [0.29, 0.717) is 41.7 Å². The SMILES string of the molecule is CCOc1ccc(N(N)c2nc(NC3CCCC3)ncc2N)cn1. The van der Waals surface area contributed by atoms with Crippen molar-refractivity contribution in [2.45, 2.75) is 38.6 Å². The van der Waals surface area contributed by atoms with Crippen molar-refractivity contribution in [1.82, 2.24) is 15.0 Å². The maximum atomic E-state index is 6.17. The fraction of sp³-hybridized carbons (Fsp3) is 0.438. The van der Waals surface area contributed by atoms with Crippen molar-refractivity contribution in [2.75, 3.05) is 22.7 Å². The summed E-state index contributed by atoms with van der Waals surface area (Å²) in [5, 5.41) is 4.75. The molecule has 0 unspecified atom stereocenters. The minimum absolute atomic E-state index is 0.406. The number of hydrogen-bond acceptors (Lipinski definition) is 8. The van der Waals surface area contributed by atoms with E-state index in [1.165, 1.54) is 17.9 Å². The number of hydrazine groups is 1. The van der Waals surface area contributed by atoms with Crippen LogP contribution in [-0.2, 0) is 0 Å². The van der Waals surface area contributed by atoms with Crippen LogP contribution < -0.4 is 26.6 Å². The van der Waals surface area contributed by atoms with Crippen LogP contribution in [0.2, 0.25) is 0 Å². The molecule has 0 radical (unpaired) electrons. The molecule has 128 valence electrons. The Morgan fingerprint density at radius 2 is 2.04 bits per heavy atom. The van der Waals surface area contributed by atoms with Gasteiger partial charge in [-0.1, -0.05) is 12.8 Å². The standard InChI is InChI=1S/C16H23N7O/c1-2-24-14-8-7-12(9-19-14)23(18)15-13(17)10-20-16(22-15)21-11-5-3-4-6-11/h7-11H,2-6,17-18H2,1H3,(H,20,21,22). The predicted octanol–water partition coefficient (Wildman–Crippen LogP) is 2.22. The van der Waals surface area contributed by atoms with E-state index in [9.17, 15) is 0 Å². The van der Waals surface area contributed by atoms with Gasteiger partial charge in [0, 0.05) is 12.1 Å². The Labute approximate surface area is 141 Å². The first kappa shape index (κ1) is 16.3. The van der Waals surface area contributed by atoms with Crippen LogP contribution in [0.25, 0.3) is 0 Å². The second-order valence-electron chi connectivity index (χ2n) is 5.76. The molecule has 0 atom stereocenters. The number of hydrogen-bond donors (Lipinski definition) is 3. The fourth-order valence-electron chi connectivity index (χ4n) is 2.77. The minimum atomic E-state index is 0.406. The first-order chi connectivity index (χ1) is 11.7. The monoisotopic (exact) mass is 329 g/mol. The van der Waals surface area contributed by atoms with Crippen molar-refractivity contribution >= 4 is 23.1 Å². The maximum absolute atomic E-state index is 6.17. The van der Waals surface area contributed by atoms with Gasteiger partial charge in [0.25, 0.3) is 0 Å². The van der Waals surface area contributed by atoms with Gasteiger partial charge in [0.05, 0.1) is 30.4 Å². The highest BCUT2D eigenvalue weighted by molar-refractivity contribution is 5.70. The molecule has 24 heavy (non-hydrogen) atoms. The first-order valence-electron chi connectivity index (χ1n) is 8.20. The van der Waals surface area contributed by atoms with Gasteiger partial charge < -0.3 is 15.8 Å². The number of anilines is 4. The van der Waals surface area contributed by atoms with Crippen LogP contribution in [0.15, 0.2) is 24.5 Å². The number of ether oxygens (including phenoxy) is 1. The van der Waals surface area contributed by atoms with Crippen LogP contribution in [0.3, 0.4) is 0 Å². The van der Waals surface area contributed by atoms with Gasteiger partial charge in [-0.2, -0.15) is 4.98 Å². The Kier molecular flexibility index (Phi) is 4.95. The Balaban J connectivity index is 1.78. The lowest BCUT2D eigenvalue weighted by Gasteiger charge is -2.20. The van der Waals surface area contributed by atoms with Crippen molar-refractivity contribution in [1.29, 1.82) is 0 Å². The third-order valence-corrected chi connectivity index (χ3v) is 4.00. The average Bonchev–Trinajstić information content (AvgIpc) is 3.10. The van der Waals surface area contributed by atoms with Gasteiger partial charge in [-0.05, 0) is 25.8 Å². The van der Waals surface area contributed by atoms with E-state index < -0.39 is 0 Å². The lowest BCUT2D eigenvalue weighted by molar-refractivity contribution is 0.327. The van der Waals surface area contributed by atoms with E-state index >= 15 is 0 Å². The highest BCUT2D eigenvalue weighted by Crippen LogP contribution is 2.27. The number of nitrogens with one attached hydrogen (secondary N) is 1. The van der Waals surface area contributed by atoms with Crippen LogP contribution in [0, 0.1) is 0 Å². The molecule has 8 heteroatoms. The second-order valence-corrected chi connectivity index (χ2v) is 5.76. The number of rotatable bonds is 6. The molecule has 0 bridgehead atoms. The normalized spacial score (nSPS) is 14.6. The van der Waals surface area contributed by atoms with Gasteiger partial charge >= 0.3 is 0 Å². The zero-order valence-corrected chi connectivity index (χ0v) is 13.8. The molecular weight excluding hydrogens is 306 g/mol. The van der Waals surface area contributed by atoms with E-state index in [2.05, 4.69) is 20.3 Å². The molecule has 0 aliphatic heterocycles. The summed E-state index contributed by atoms with van der Waals surface area (Å²) in [6, 6.07) is 3.98. The van der Waals surface area contributed by atoms with Gasteiger partial charge in [0.1, 0.15) is 0 Å². The summed E-state index contributed by atoms with van der Waals surface area (Å²) in [7, 11) is 0. The van der Waals surface area contributed by atoms with Crippen molar-refractivity contribution in [3.8, 4) is 5.88 Å².